The van der Waals surface area contributed by atoms with Crippen molar-refractivity contribution >= 4 is 18.7 Å². The van der Waals surface area contributed by atoms with E-state index in [1.165, 1.54) is 17.1 Å². The van der Waals surface area contributed by atoms with Crippen LogP contribution in [0.4, 0.5) is 0 Å². The molecule has 0 spiro atoms. The molecular formula is C10H23NOS. The van der Waals surface area contributed by atoms with Crippen LogP contribution in [-0.4, -0.2) is 16.8 Å². The minimum absolute atomic E-state index is 0.115. The fourth-order valence-corrected chi connectivity index (χ4v) is 1.10. The van der Waals surface area contributed by atoms with Crippen molar-refractivity contribution in [3.63, 3.8) is 0 Å². The molecule has 0 aliphatic carbocycles. The summed E-state index contributed by atoms with van der Waals surface area (Å²) in [6.07, 6.45) is 3.97. The topological polar surface area (TPSA) is 20.3 Å². The zero-order chi connectivity index (χ0) is 10.7. The van der Waals surface area contributed by atoms with Gasteiger partial charge in [-0.15, -0.1) is 0 Å². The third-order valence-corrected chi connectivity index (χ3v) is 1.99. The number of hydrogen-bond acceptors (Lipinski definition) is 2. The summed E-state index contributed by atoms with van der Waals surface area (Å²) in [5.74, 6) is 0.115. The first-order valence-electron chi connectivity index (χ1n) is 5.21. The average molecular weight is 205 g/mol. The molecule has 0 atom stereocenters. The molecule has 2 nitrogen and oxygen atoms in total. The van der Waals surface area contributed by atoms with Gasteiger partial charge in [0, 0.05) is 13.0 Å². The Morgan fingerprint density at radius 2 is 1.77 bits per heavy atom. The van der Waals surface area contributed by atoms with E-state index in [9.17, 15) is 4.79 Å². The van der Waals surface area contributed by atoms with Gasteiger partial charge in [-0.3, -0.25) is 9.10 Å². The van der Waals surface area contributed by atoms with E-state index in [1.54, 1.807) is 0 Å². The van der Waals surface area contributed by atoms with Crippen LogP contribution in [0.15, 0.2) is 0 Å². The highest BCUT2D eigenvalue weighted by Crippen LogP contribution is 2.02. The minimum atomic E-state index is 0.115. The Morgan fingerprint density at radius 3 is 2.15 bits per heavy atom. The Hall–Kier alpha value is -0.180. The van der Waals surface area contributed by atoms with Gasteiger partial charge in [-0.1, -0.05) is 53.4 Å². The van der Waals surface area contributed by atoms with Crippen LogP contribution >= 0.6 is 12.8 Å². The molecule has 0 aromatic rings. The molecule has 0 aliphatic heterocycles. The average Bonchev–Trinajstić information content (AvgIpc) is 2.20. The fraction of sp³-hybridized carbons (Fsp3) is 0.900. The Balaban J connectivity index is 0. The lowest BCUT2D eigenvalue weighted by atomic mass is 10.2. The van der Waals surface area contributed by atoms with E-state index in [1.807, 2.05) is 20.8 Å². The third kappa shape index (κ3) is 9.74. The first-order chi connectivity index (χ1) is 6.22. The van der Waals surface area contributed by atoms with E-state index in [0.29, 0.717) is 6.42 Å². The molecule has 0 unspecified atom stereocenters. The molecule has 0 saturated heterocycles. The molecule has 0 aromatic heterocycles. The highest BCUT2D eigenvalue weighted by atomic mass is 32.1. The van der Waals surface area contributed by atoms with Crippen molar-refractivity contribution in [2.24, 2.45) is 0 Å². The van der Waals surface area contributed by atoms with Crippen molar-refractivity contribution in [2.75, 3.05) is 6.54 Å². The van der Waals surface area contributed by atoms with Crippen molar-refractivity contribution in [1.82, 2.24) is 4.31 Å². The summed E-state index contributed by atoms with van der Waals surface area (Å²) < 4.78 is 1.51. The number of hydrogen-bond donors (Lipinski definition) is 1. The molecule has 80 valence electrons. The second-order valence-corrected chi connectivity index (χ2v) is 3.06. The number of unbranched alkanes of at least 4 members (excludes halogenated alkanes) is 2. The van der Waals surface area contributed by atoms with Crippen LogP contribution in [0.1, 0.15) is 53.4 Å². The van der Waals surface area contributed by atoms with Crippen LogP contribution in [0.3, 0.4) is 0 Å². The van der Waals surface area contributed by atoms with E-state index in [4.69, 9.17) is 0 Å². The van der Waals surface area contributed by atoms with Crippen LogP contribution < -0.4 is 0 Å². The van der Waals surface area contributed by atoms with E-state index >= 15 is 0 Å². The second kappa shape index (κ2) is 11.8. The smallest absolute Gasteiger partial charge is 0.231 e. The maximum absolute atomic E-state index is 11.0. The van der Waals surface area contributed by atoms with Crippen molar-refractivity contribution in [1.29, 1.82) is 0 Å². The molecule has 0 saturated carbocycles. The summed E-state index contributed by atoms with van der Waals surface area (Å²) in [4.78, 5) is 11.0. The van der Waals surface area contributed by atoms with Crippen molar-refractivity contribution in [3.8, 4) is 0 Å². The predicted molar refractivity (Wildman–Crippen MR) is 61.9 cm³/mol. The maximum atomic E-state index is 11.0. The Morgan fingerprint density at radius 1 is 1.23 bits per heavy atom. The van der Waals surface area contributed by atoms with E-state index in [0.717, 1.165) is 13.0 Å². The number of carbonyl (C=O) groups excluding carboxylic acids is 1. The first kappa shape index (κ1) is 15.3. The Labute approximate surface area is 88.2 Å². The molecule has 0 fully saturated rings. The number of amides is 1. The molecule has 0 radical (unpaired) electrons. The minimum Gasteiger partial charge on any atom is -0.289 e. The Kier molecular flexibility index (Phi) is 13.9. The zero-order valence-electron chi connectivity index (χ0n) is 9.34. The van der Waals surface area contributed by atoms with E-state index in [-0.39, 0.29) is 5.91 Å². The highest BCUT2D eigenvalue weighted by molar-refractivity contribution is 7.78. The van der Waals surface area contributed by atoms with Gasteiger partial charge < -0.3 is 0 Å². The van der Waals surface area contributed by atoms with Crippen LogP contribution in [0, 0.1) is 0 Å². The van der Waals surface area contributed by atoms with Gasteiger partial charge in [-0.2, -0.15) is 0 Å². The molecule has 0 N–H and O–H groups in total. The number of rotatable bonds is 5. The monoisotopic (exact) mass is 205 g/mol. The molecule has 0 aromatic carbocycles. The molecule has 13 heavy (non-hydrogen) atoms. The normalized spacial score (nSPS) is 8.69. The lowest BCUT2D eigenvalue weighted by molar-refractivity contribution is -0.125. The summed E-state index contributed by atoms with van der Waals surface area (Å²) >= 11 is 4.06. The largest absolute Gasteiger partial charge is 0.289 e. The van der Waals surface area contributed by atoms with Crippen LogP contribution in [-0.2, 0) is 4.79 Å². The Bertz CT molecular complexity index is 117. The number of nitrogens with zero attached hydrogens (tertiary/aromatic N) is 1. The van der Waals surface area contributed by atoms with Gasteiger partial charge >= 0.3 is 0 Å². The maximum Gasteiger partial charge on any atom is 0.231 e. The summed E-state index contributed by atoms with van der Waals surface area (Å²) in [6, 6.07) is 0. The van der Waals surface area contributed by atoms with Crippen LogP contribution in [0.5, 0.6) is 0 Å². The second-order valence-electron chi connectivity index (χ2n) is 2.58. The predicted octanol–water partition coefficient (Wildman–Crippen LogP) is 3.29. The number of thiol groups is 1. The molecule has 1 amide bonds. The van der Waals surface area contributed by atoms with Crippen LogP contribution in [0.2, 0.25) is 0 Å². The summed E-state index contributed by atoms with van der Waals surface area (Å²) in [6.45, 7) is 8.78. The third-order valence-electron chi connectivity index (χ3n) is 1.56. The molecular weight excluding hydrogens is 182 g/mol. The fourth-order valence-electron chi connectivity index (χ4n) is 0.819. The quantitative estimate of drug-likeness (QED) is 0.539. The SMILES string of the molecule is CC.CCCCCN(S)C(=O)CC. The van der Waals surface area contributed by atoms with E-state index in [2.05, 4.69) is 19.7 Å². The van der Waals surface area contributed by atoms with Gasteiger partial charge in [-0.05, 0) is 6.42 Å². The van der Waals surface area contributed by atoms with E-state index < -0.39 is 0 Å². The summed E-state index contributed by atoms with van der Waals surface area (Å²) in [7, 11) is 0. The summed E-state index contributed by atoms with van der Waals surface area (Å²) in [5, 5.41) is 0. The summed E-state index contributed by atoms with van der Waals surface area (Å²) in [5.41, 5.74) is 0. The number of carbonyl (C=O) groups is 1. The van der Waals surface area contributed by atoms with Gasteiger partial charge in [-0.25, -0.2) is 0 Å². The van der Waals surface area contributed by atoms with Crippen molar-refractivity contribution in [3.05, 3.63) is 0 Å². The highest BCUT2D eigenvalue weighted by Gasteiger charge is 2.04. The van der Waals surface area contributed by atoms with Crippen molar-refractivity contribution in [2.45, 2.75) is 53.4 Å². The molecule has 0 heterocycles. The molecule has 3 heteroatoms. The van der Waals surface area contributed by atoms with Crippen molar-refractivity contribution < 1.29 is 4.79 Å². The molecule has 0 rings (SSSR count). The molecule has 0 bridgehead atoms. The lowest BCUT2D eigenvalue weighted by Crippen LogP contribution is -2.21. The zero-order valence-corrected chi connectivity index (χ0v) is 10.2. The van der Waals surface area contributed by atoms with Gasteiger partial charge in [0.05, 0.1) is 0 Å². The molecule has 0 aliphatic rings. The van der Waals surface area contributed by atoms with Crippen LogP contribution in [0.25, 0.3) is 0 Å². The standard InChI is InChI=1S/C8H17NOS.C2H6/c1-3-5-6-7-9(11)8(10)4-2;1-2/h11H,3-7H2,1-2H3;1-2H3. The first-order valence-corrected chi connectivity index (χ1v) is 5.61. The van der Waals surface area contributed by atoms with Gasteiger partial charge in [0.15, 0.2) is 0 Å². The van der Waals surface area contributed by atoms with Gasteiger partial charge in [0.25, 0.3) is 0 Å². The lowest BCUT2D eigenvalue weighted by Gasteiger charge is -2.13. The van der Waals surface area contributed by atoms with Gasteiger partial charge in [0.2, 0.25) is 5.91 Å². The van der Waals surface area contributed by atoms with Gasteiger partial charge in [0.1, 0.15) is 0 Å².